The lowest BCUT2D eigenvalue weighted by molar-refractivity contribution is -0.152. The lowest BCUT2D eigenvalue weighted by atomic mass is 10.1. The number of benzene rings is 2. The van der Waals surface area contributed by atoms with Crippen LogP contribution in [-0.2, 0) is 4.79 Å². The highest BCUT2D eigenvalue weighted by Crippen LogP contribution is 2.28. The van der Waals surface area contributed by atoms with Crippen LogP contribution in [0.5, 0.6) is 5.75 Å². The van der Waals surface area contributed by atoms with Gasteiger partial charge in [-0.2, -0.15) is 0 Å². The van der Waals surface area contributed by atoms with Crippen LogP contribution in [0, 0.1) is 0 Å². The molecule has 1 aromatic heterocycles. The van der Waals surface area contributed by atoms with Crippen molar-refractivity contribution in [1.82, 2.24) is 5.16 Å². The maximum atomic E-state index is 11.1. The van der Waals surface area contributed by atoms with Crippen molar-refractivity contribution in [2.24, 2.45) is 0 Å². The predicted octanol–water partition coefficient (Wildman–Crippen LogP) is 4.25. The number of hydrogen-bond donors (Lipinski definition) is 1. The molecule has 0 unspecified atom stereocenters. The van der Waals surface area contributed by atoms with Crippen LogP contribution in [-0.4, -0.2) is 21.8 Å². The summed E-state index contributed by atoms with van der Waals surface area (Å²) in [7, 11) is 0. The van der Waals surface area contributed by atoms with Gasteiger partial charge in [0.25, 0.3) is 0 Å². The molecule has 0 spiro atoms. The Morgan fingerprint density at radius 1 is 1.04 bits per heavy atom. The molecule has 0 aliphatic heterocycles. The van der Waals surface area contributed by atoms with Crippen LogP contribution < -0.4 is 4.74 Å². The molecule has 0 fully saturated rings. The maximum absolute atomic E-state index is 11.1. The highest BCUT2D eigenvalue weighted by atomic mass is 16.5. The first-order valence-corrected chi connectivity index (χ1v) is 7.51. The second-order valence-corrected chi connectivity index (χ2v) is 5.88. The van der Waals surface area contributed by atoms with Crippen molar-refractivity contribution in [3.8, 4) is 28.3 Å². The van der Waals surface area contributed by atoms with Crippen LogP contribution in [0.25, 0.3) is 22.6 Å². The minimum Gasteiger partial charge on any atom is -0.478 e. The Morgan fingerprint density at radius 3 is 2.33 bits per heavy atom. The van der Waals surface area contributed by atoms with Crippen LogP contribution in [0.1, 0.15) is 13.8 Å². The Bertz CT molecular complexity index is 835. The Kier molecular flexibility index (Phi) is 4.08. The first kappa shape index (κ1) is 15.8. The highest BCUT2D eigenvalue weighted by molar-refractivity contribution is 5.76. The normalized spacial score (nSPS) is 11.2. The summed E-state index contributed by atoms with van der Waals surface area (Å²) < 4.78 is 10.9. The smallest absolute Gasteiger partial charge is 0.347 e. The average molecular weight is 323 g/mol. The largest absolute Gasteiger partial charge is 0.478 e. The molecule has 5 nitrogen and oxygen atoms in total. The van der Waals surface area contributed by atoms with E-state index in [1.807, 2.05) is 48.5 Å². The molecule has 0 aliphatic carbocycles. The van der Waals surface area contributed by atoms with Crippen molar-refractivity contribution in [2.75, 3.05) is 0 Å². The van der Waals surface area contributed by atoms with Crippen LogP contribution in [0.3, 0.4) is 0 Å². The third-order valence-electron chi connectivity index (χ3n) is 3.61. The van der Waals surface area contributed by atoms with Gasteiger partial charge in [0, 0.05) is 17.2 Å². The molecule has 1 heterocycles. The molecule has 5 heteroatoms. The van der Waals surface area contributed by atoms with E-state index in [-0.39, 0.29) is 0 Å². The van der Waals surface area contributed by atoms with Gasteiger partial charge in [-0.15, -0.1) is 0 Å². The van der Waals surface area contributed by atoms with Crippen molar-refractivity contribution < 1.29 is 19.2 Å². The summed E-state index contributed by atoms with van der Waals surface area (Å²) in [6, 6.07) is 18.7. The van der Waals surface area contributed by atoms with Gasteiger partial charge in [-0.05, 0) is 38.1 Å². The highest BCUT2D eigenvalue weighted by Gasteiger charge is 2.29. The molecule has 0 aliphatic rings. The van der Waals surface area contributed by atoms with Gasteiger partial charge in [0.05, 0.1) is 0 Å². The number of aliphatic carboxylic acids is 1. The molecule has 0 bridgehead atoms. The second kappa shape index (κ2) is 6.20. The minimum absolute atomic E-state index is 0.481. The van der Waals surface area contributed by atoms with Crippen LogP contribution in [0.4, 0.5) is 0 Å². The summed E-state index contributed by atoms with van der Waals surface area (Å²) in [6.07, 6.45) is 0. The molecular formula is C19H17NO4. The van der Waals surface area contributed by atoms with Gasteiger partial charge in [0.15, 0.2) is 11.4 Å². The Morgan fingerprint density at radius 2 is 1.71 bits per heavy atom. The Hall–Kier alpha value is -3.08. The van der Waals surface area contributed by atoms with Crippen molar-refractivity contribution in [3.05, 3.63) is 60.7 Å². The fraction of sp³-hybridized carbons (Fsp3) is 0.158. The number of ether oxygens (including phenoxy) is 1. The van der Waals surface area contributed by atoms with E-state index in [1.165, 1.54) is 13.8 Å². The molecule has 3 rings (SSSR count). The third-order valence-corrected chi connectivity index (χ3v) is 3.61. The number of carboxylic acid groups (broad SMARTS) is 1. The van der Waals surface area contributed by atoms with Gasteiger partial charge in [-0.25, -0.2) is 4.79 Å². The van der Waals surface area contributed by atoms with Gasteiger partial charge in [0.1, 0.15) is 11.4 Å². The molecule has 2 aromatic carbocycles. The summed E-state index contributed by atoms with van der Waals surface area (Å²) in [5.41, 5.74) is 1.30. The summed E-state index contributed by atoms with van der Waals surface area (Å²) in [5.74, 6) is 0.0983. The molecule has 1 N–H and O–H groups in total. The molecule has 122 valence electrons. The van der Waals surface area contributed by atoms with Crippen molar-refractivity contribution in [2.45, 2.75) is 19.4 Å². The lowest BCUT2D eigenvalue weighted by Gasteiger charge is -2.21. The predicted molar refractivity (Wildman–Crippen MR) is 89.7 cm³/mol. The first-order valence-electron chi connectivity index (χ1n) is 7.51. The number of hydrogen-bond acceptors (Lipinski definition) is 4. The summed E-state index contributed by atoms with van der Waals surface area (Å²) in [5, 5.41) is 13.2. The van der Waals surface area contributed by atoms with E-state index in [1.54, 1.807) is 12.1 Å². The van der Waals surface area contributed by atoms with Gasteiger partial charge >= 0.3 is 5.97 Å². The van der Waals surface area contributed by atoms with Crippen LogP contribution in [0.2, 0.25) is 0 Å². The molecule has 0 amide bonds. The van der Waals surface area contributed by atoms with E-state index in [4.69, 9.17) is 14.4 Å². The lowest BCUT2D eigenvalue weighted by Crippen LogP contribution is -2.37. The van der Waals surface area contributed by atoms with E-state index in [2.05, 4.69) is 5.16 Å². The standard InChI is InChI=1S/C19H17NO4/c1-19(2,18(21)22)23-15-10-8-14(9-11-15)17-12-16(20-24-17)13-6-4-3-5-7-13/h3-12H,1-2H3,(H,21,22). The zero-order valence-corrected chi connectivity index (χ0v) is 13.4. The van der Waals surface area contributed by atoms with Gasteiger partial charge in [-0.3, -0.25) is 0 Å². The SMILES string of the molecule is CC(C)(Oc1ccc(-c2cc(-c3ccccc3)no2)cc1)C(=O)O. The zero-order chi connectivity index (χ0) is 17.2. The van der Waals surface area contributed by atoms with Crippen molar-refractivity contribution in [1.29, 1.82) is 0 Å². The fourth-order valence-corrected chi connectivity index (χ4v) is 2.18. The van der Waals surface area contributed by atoms with Crippen molar-refractivity contribution >= 4 is 5.97 Å². The number of nitrogens with zero attached hydrogens (tertiary/aromatic N) is 1. The monoisotopic (exact) mass is 323 g/mol. The van der Waals surface area contributed by atoms with E-state index in [0.29, 0.717) is 11.5 Å². The van der Waals surface area contributed by atoms with E-state index in [9.17, 15) is 4.79 Å². The van der Waals surface area contributed by atoms with Gasteiger partial charge in [0.2, 0.25) is 0 Å². The summed E-state index contributed by atoms with van der Waals surface area (Å²) in [4.78, 5) is 11.1. The number of aromatic nitrogens is 1. The fourth-order valence-electron chi connectivity index (χ4n) is 2.18. The zero-order valence-electron chi connectivity index (χ0n) is 13.4. The van der Waals surface area contributed by atoms with Crippen molar-refractivity contribution in [3.63, 3.8) is 0 Å². The number of rotatable bonds is 5. The molecule has 24 heavy (non-hydrogen) atoms. The number of carboxylic acids is 1. The molecule has 0 atom stereocenters. The molecule has 3 aromatic rings. The third kappa shape index (κ3) is 3.30. The molecule has 0 radical (unpaired) electrons. The first-order chi connectivity index (χ1) is 11.5. The summed E-state index contributed by atoms with van der Waals surface area (Å²) >= 11 is 0. The van der Waals surface area contributed by atoms with Gasteiger partial charge in [-0.1, -0.05) is 35.5 Å². The quantitative estimate of drug-likeness (QED) is 0.760. The van der Waals surface area contributed by atoms with Crippen LogP contribution >= 0.6 is 0 Å². The summed E-state index contributed by atoms with van der Waals surface area (Å²) in [6.45, 7) is 3.01. The van der Waals surface area contributed by atoms with Crippen LogP contribution in [0.15, 0.2) is 65.2 Å². The minimum atomic E-state index is -1.28. The average Bonchev–Trinajstić information content (AvgIpc) is 3.06. The van der Waals surface area contributed by atoms with Gasteiger partial charge < -0.3 is 14.4 Å². The van der Waals surface area contributed by atoms with E-state index in [0.717, 1.165) is 16.8 Å². The maximum Gasteiger partial charge on any atom is 0.347 e. The molecule has 0 saturated carbocycles. The molecular weight excluding hydrogens is 306 g/mol. The Balaban J connectivity index is 1.79. The molecule has 0 saturated heterocycles. The Labute approximate surface area is 139 Å². The van der Waals surface area contributed by atoms with E-state index >= 15 is 0 Å². The van der Waals surface area contributed by atoms with E-state index < -0.39 is 11.6 Å². The second-order valence-electron chi connectivity index (χ2n) is 5.88. The topological polar surface area (TPSA) is 72.6 Å². The number of carbonyl (C=O) groups is 1.